The van der Waals surface area contributed by atoms with Crippen LogP contribution in [0.1, 0.15) is 0 Å². The Morgan fingerprint density at radius 2 is 2.23 bits per heavy atom. The molecule has 0 aliphatic carbocycles. The van der Waals surface area contributed by atoms with Gasteiger partial charge in [0.2, 0.25) is 5.91 Å². The normalized spacial score (nSPS) is 9.95. The Kier molecular flexibility index (Phi) is 5.74. The number of terminal acetylenes is 1. The SMILES string of the molecule is C#CCNC(=O)CSc1nnc(-c2ccncc2)n1CC=C. The summed E-state index contributed by atoms with van der Waals surface area (Å²) in [7, 11) is 0. The largest absolute Gasteiger partial charge is 0.344 e. The molecule has 0 fully saturated rings. The molecule has 0 aromatic carbocycles. The highest BCUT2D eigenvalue weighted by Crippen LogP contribution is 2.23. The van der Waals surface area contributed by atoms with Gasteiger partial charge in [0.1, 0.15) is 0 Å². The lowest BCUT2D eigenvalue weighted by molar-refractivity contribution is -0.118. The van der Waals surface area contributed by atoms with E-state index in [0.717, 1.165) is 5.56 Å². The van der Waals surface area contributed by atoms with Crippen molar-refractivity contribution in [2.24, 2.45) is 0 Å². The van der Waals surface area contributed by atoms with Crippen molar-refractivity contribution in [3.63, 3.8) is 0 Å². The maximum atomic E-state index is 11.6. The molecule has 0 aliphatic rings. The van der Waals surface area contributed by atoms with Gasteiger partial charge in [0, 0.05) is 24.5 Å². The summed E-state index contributed by atoms with van der Waals surface area (Å²) in [6, 6.07) is 3.72. The second-order valence-corrected chi connectivity index (χ2v) is 5.15. The minimum Gasteiger partial charge on any atom is -0.344 e. The van der Waals surface area contributed by atoms with Crippen molar-refractivity contribution in [2.75, 3.05) is 12.3 Å². The molecule has 0 unspecified atom stereocenters. The van der Waals surface area contributed by atoms with E-state index in [1.165, 1.54) is 11.8 Å². The van der Waals surface area contributed by atoms with Crippen molar-refractivity contribution in [3.05, 3.63) is 37.2 Å². The molecule has 2 aromatic heterocycles. The molecule has 112 valence electrons. The van der Waals surface area contributed by atoms with Gasteiger partial charge < -0.3 is 5.32 Å². The topological polar surface area (TPSA) is 72.7 Å². The molecule has 6 nitrogen and oxygen atoms in total. The van der Waals surface area contributed by atoms with Crippen molar-refractivity contribution in [1.82, 2.24) is 25.1 Å². The quantitative estimate of drug-likeness (QED) is 0.475. The first-order chi connectivity index (χ1) is 10.8. The van der Waals surface area contributed by atoms with Crippen LogP contribution in [-0.4, -0.2) is 38.0 Å². The number of thioether (sulfide) groups is 1. The molecule has 22 heavy (non-hydrogen) atoms. The van der Waals surface area contributed by atoms with Gasteiger partial charge in [0.25, 0.3) is 0 Å². The number of carbonyl (C=O) groups excluding carboxylic acids is 1. The molecule has 2 heterocycles. The van der Waals surface area contributed by atoms with E-state index in [9.17, 15) is 4.79 Å². The zero-order chi connectivity index (χ0) is 15.8. The molecule has 0 saturated carbocycles. The highest BCUT2D eigenvalue weighted by molar-refractivity contribution is 7.99. The van der Waals surface area contributed by atoms with Gasteiger partial charge in [-0.3, -0.25) is 14.3 Å². The first-order valence-corrected chi connectivity index (χ1v) is 7.52. The second kappa shape index (κ2) is 8.00. The molecule has 2 aromatic rings. The number of carbonyl (C=O) groups is 1. The monoisotopic (exact) mass is 313 g/mol. The van der Waals surface area contributed by atoms with E-state index in [1.807, 2.05) is 16.7 Å². The molecule has 0 saturated heterocycles. The van der Waals surface area contributed by atoms with Crippen LogP contribution in [-0.2, 0) is 11.3 Å². The standard InChI is InChI=1S/C15H15N5OS/c1-3-7-17-13(21)11-22-15-19-18-14(20(15)10-4-2)12-5-8-16-9-6-12/h1,4-6,8-9H,2,7,10-11H2,(H,17,21). The molecular formula is C15H15N5OS. The van der Waals surface area contributed by atoms with Gasteiger partial charge in [-0.15, -0.1) is 23.2 Å². The fourth-order valence-corrected chi connectivity index (χ4v) is 2.51. The first kappa shape index (κ1) is 15.8. The summed E-state index contributed by atoms with van der Waals surface area (Å²) in [5.74, 6) is 3.17. The Bertz CT molecular complexity index is 690. The minimum atomic E-state index is -0.137. The van der Waals surface area contributed by atoms with Crippen molar-refractivity contribution in [3.8, 4) is 23.7 Å². The Labute approximate surface area is 133 Å². The summed E-state index contributed by atoms with van der Waals surface area (Å²) in [5, 5.41) is 11.6. The molecule has 0 bridgehead atoms. The van der Waals surface area contributed by atoms with Crippen LogP contribution in [0.4, 0.5) is 0 Å². The zero-order valence-corrected chi connectivity index (χ0v) is 12.7. The van der Waals surface area contributed by atoms with Gasteiger partial charge in [0.15, 0.2) is 11.0 Å². The molecular weight excluding hydrogens is 298 g/mol. The fourth-order valence-electron chi connectivity index (χ4n) is 1.73. The number of aromatic nitrogens is 4. The first-order valence-electron chi connectivity index (χ1n) is 6.53. The summed E-state index contributed by atoms with van der Waals surface area (Å²) >= 11 is 1.31. The van der Waals surface area contributed by atoms with E-state index in [-0.39, 0.29) is 18.2 Å². The van der Waals surface area contributed by atoms with Gasteiger partial charge in [-0.1, -0.05) is 23.8 Å². The van der Waals surface area contributed by atoms with E-state index in [0.29, 0.717) is 17.5 Å². The van der Waals surface area contributed by atoms with Gasteiger partial charge in [-0.25, -0.2) is 0 Å². The van der Waals surface area contributed by atoms with E-state index in [1.54, 1.807) is 18.5 Å². The van der Waals surface area contributed by atoms with Crippen LogP contribution in [0.15, 0.2) is 42.3 Å². The van der Waals surface area contributed by atoms with Crippen molar-refractivity contribution in [2.45, 2.75) is 11.7 Å². The lowest BCUT2D eigenvalue weighted by atomic mass is 10.2. The second-order valence-electron chi connectivity index (χ2n) is 4.21. The Morgan fingerprint density at radius 1 is 1.45 bits per heavy atom. The van der Waals surface area contributed by atoms with E-state index in [4.69, 9.17) is 6.42 Å². The number of amides is 1. The molecule has 1 amide bonds. The summed E-state index contributed by atoms with van der Waals surface area (Å²) in [5.41, 5.74) is 0.910. The van der Waals surface area contributed by atoms with Crippen LogP contribution in [0.25, 0.3) is 11.4 Å². The molecule has 2 rings (SSSR count). The van der Waals surface area contributed by atoms with Crippen LogP contribution in [0, 0.1) is 12.3 Å². The Balaban J connectivity index is 2.15. The lowest BCUT2D eigenvalue weighted by Crippen LogP contribution is -2.25. The van der Waals surface area contributed by atoms with Crippen LogP contribution in [0.5, 0.6) is 0 Å². The number of pyridine rings is 1. The minimum absolute atomic E-state index is 0.137. The molecule has 1 N–H and O–H groups in total. The molecule has 0 atom stereocenters. The average Bonchev–Trinajstić information content (AvgIpc) is 2.95. The van der Waals surface area contributed by atoms with E-state index in [2.05, 4.69) is 33.0 Å². The maximum Gasteiger partial charge on any atom is 0.231 e. The molecule has 0 spiro atoms. The number of nitrogens with one attached hydrogen (secondary N) is 1. The summed E-state index contributed by atoms with van der Waals surface area (Å²) < 4.78 is 1.90. The summed E-state index contributed by atoms with van der Waals surface area (Å²) in [6.45, 7) is 4.53. The molecule has 0 aliphatic heterocycles. The van der Waals surface area contributed by atoms with E-state index >= 15 is 0 Å². The maximum absolute atomic E-state index is 11.6. The van der Waals surface area contributed by atoms with Gasteiger partial charge in [0.05, 0.1) is 12.3 Å². The predicted molar refractivity (Wildman–Crippen MR) is 86.0 cm³/mol. The third kappa shape index (κ3) is 3.96. The van der Waals surface area contributed by atoms with Crippen molar-refractivity contribution in [1.29, 1.82) is 0 Å². The smallest absolute Gasteiger partial charge is 0.231 e. The van der Waals surface area contributed by atoms with Crippen LogP contribution < -0.4 is 5.32 Å². The third-order valence-corrected chi connectivity index (χ3v) is 3.65. The lowest BCUT2D eigenvalue weighted by Gasteiger charge is -2.07. The Morgan fingerprint density at radius 3 is 2.91 bits per heavy atom. The highest BCUT2D eigenvalue weighted by Gasteiger charge is 2.14. The zero-order valence-electron chi connectivity index (χ0n) is 11.9. The molecule has 0 radical (unpaired) electrons. The number of rotatable bonds is 7. The van der Waals surface area contributed by atoms with Crippen molar-refractivity contribution >= 4 is 17.7 Å². The van der Waals surface area contributed by atoms with Gasteiger partial charge in [-0.05, 0) is 12.1 Å². The number of hydrogen-bond acceptors (Lipinski definition) is 5. The van der Waals surface area contributed by atoms with Gasteiger partial charge in [-0.2, -0.15) is 0 Å². The number of hydrogen-bond donors (Lipinski definition) is 1. The fraction of sp³-hybridized carbons (Fsp3) is 0.200. The average molecular weight is 313 g/mol. The number of nitrogens with zero attached hydrogens (tertiary/aromatic N) is 4. The summed E-state index contributed by atoms with van der Waals surface area (Å²) in [4.78, 5) is 15.6. The van der Waals surface area contributed by atoms with Crippen molar-refractivity contribution < 1.29 is 4.79 Å². The number of allylic oxidation sites excluding steroid dienone is 1. The van der Waals surface area contributed by atoms with E-state index < -0.39 is 0 Å². The molecule has 7 heteroatoms. The Hall–Kier alpha value is -2.59. The highest BCUT2D eigenvalue weighted by atomic mass is 32.2. The predicted octanol–water partition coefficient (Wildman–Crippen LogP) is 1.37. The van der Waals surface area contributed by atoms with Crippen LogP contribution in [0.3, 0.4) is 0 Å². The van der Waals surface area contributed by atoms with Gasteiger partial charge >= 0.3 is 0 Å². The third-order valence-electron chi connectivity index (χ3n) is 2.69. The summed E-state index contributed by atoms with van der Waals surface area (Å²) in [6.07, 6.45) is 10.3. The van der Waals surface area contributed by atoms with Crippen LogP contribution >= 0.6 is 11.8 Å². The van der Waals surface area contributed by atoms with Crippen LogP contribution in [0.2, 0.25) is 0 Å².